The van der Waals surface area contributed by atoms with E-state index in [1.54, 1.807) is 0 Å². The van der Waals surface area contributed by atoms with Crippen molar-refractivity contribution in [2.24, 2.45) is 0 Å². The second-order valence-electron chi connectivity index (χ2n) is 3.95. The minimum atomic E-state index is 0.101. The largest absolute Gasteiger partial charge is 0.339 e. The Morgan fingerprint density at radius 2 is 2.24 bits per heavy atom. The highest BCUT2D eigenvalue weighted by atomic mass is 16.5. The Morgan fingerprint density at radius 1 is 1.41 bits per heavy atom. The van der Waals surface area contributed by atoms with Gasteiger partial charge in [0.05, 0.1) is 6.42 Å². The quantitative estimate of drug-likeness (QED) is 0.810. The molecule has 4 heteroatoms. The van der Waals surface area contributed by atoms with Gasteiger partial charge >= 0.3 is 0 Å². The molecule has 0 spiro atoms. The Balaban J connectivity index is 2.21. The van der Waals surface area contributed by atoms with Gasteiger partial charge in [-0.25, -0.2) is 0 Å². The lowest BCUT2D eigenvalue weighted by Gasteiger charge is -1.95. The van der Waals surface area contributed by atoms with Gasteiger partial charge in [-0.1, -0.05) is 35.8 Å². The van der Waals surface area contributed by atoms with Gasteiger partial charge in [0.2, 0.25) is 11.7 Å². The molecule has 0 saturated heterocycles. The summed E-state index contributed by atoms with van der Waals surface area (Å²) in [6, 6.07) is 7.85. The minimum Gasteiger partial charge on any atom is -0.339 e. The third-order valence-electron chi connectivity index (χ3n) is 2.49. The van der Waals surface area contributed by atoms with E-state index >= 15 is 0 Å². The summed E-state index contributed by atoms with van der Waals surface area (Å²) in [6.07, 6.45) is 0.706. The fourth-order valence-corrected chi connectivity index (χ4v) is 1.52. The van der Waals surface area contributed by atoms with Crippen LogP contribution in [0.3, 0.4) is 0 Å². The van der Waals surface area contributed by atoms with Crippen molar-refractivity contribution < 1.29 is 9.32 Å². The van der Waals surface area contributed by atoms with Gasteiger partial charge in [0.1, 0.15) is 5.78 Å². The van der Waals surface area contributed by atoms with E-state index in [9.17, 15) is 4.79 Å². The summed E-state index contributed by atoms with van der Waals surface area (Å²) in [4.78, 5) is 15.5. The molecule has 1 heterocycles. The molecule has 2 aromatic rings. The number of carbonyl (C=O) groups excluding carboxylic acids is 1. The van der Waals surface area contributed by atoms with Crippen LogP contribution >= 0.6 is 0 Å². The Hall–Kier alpha value is -1.97. The maximum absolute atomic E-state index is 11.3. The molecule has 2 rings (SSSR count). The first kappa shape index (κ1) is 11.5. The zero-order chi connectivity index (χ0) is 12.3. The molecule has 1 aromatic heterocycles. The fourth-order valence-electron chi connectivity index (χ4n) is 1.52. The van der Waals surface area contributed by atoms with E-state index in [2.05, 4.69) is 10.1 Å². The Morgan fingerprint density at radius 3 is 2.94 bits per heavy atom. The molecule has 0 saturated carbocycles. The first-order valence-electron chi connectivity index (χ1n) is 5.60. The van der Waals surface area contributed by atoms with Gasteiger partial charge in [-0.15, -0.1) is 0 Å². The summed E-state index contributed by atoms with van der Waals surface area (Å²) < 4.78 is 5.05. The number of rotatable bonds is 4. The second kappa shape index (κ2) is 4.91. The van der Waals surface area contributed by atoms with Crippen LogP contribution in [0.2, 0.25) is 0 Å². The maximum Gasteiger partial charge on any atom is 0.234 e. The highest BCUT2D eigenvalue weighted by Gasteiger charge is 2.11. The van der Waals surface area contributed by atoms with E-state index in [1.165, 1.54) is 0 Å². The van der Waals surface area contributed by atoms with Gasteiger partial charge in [-0.2, -0.15) is 4.98 Å². The van der Waals surface area contributed by atoms with E-state index in [0.29, 0.717) is 18.1 Å². The smallest absolute Gasteiger partial charge is 0.234 e. The van der Waals surface area contributed by atoms with Gasteiger partial charge in [-0.3, -0.25) is 4.79 Å². The van der Waals surface area contributed by atoms with Crippen molar-refractivity contribution in [1.82, 2.24) is 10.1 Å². The summed E-state index contributed by atoms with van der Waals surface area (Å²) in [5.41, 5.74) is 2.04. The van der Waals surface area contributed by atoms with Crippen molar-refractivity contribution in [2.75, 3.05) is 0 Å². The van der Waals surface area contributed by atoms with Gasteiger partial charge in [0.25, 0.3) is 0 Å². The lowest BCUT2D eigenvalue weighted by atomic mass is 10.1. The van der Waals surface area contributed by atoms with E-state index in [4.69, 9.17) is 4.52 Å². The average Bonchev–Trinajstić information content (AvgIpc) is 2.77. The third-order valence-corrected chi connectivity index (χ3v) is 2.49. The van der Waals surface area contributed by atoms with Crippen LogP contribution in [0.5, 0.6) is 0 Å². The Labute approximate surface area is 99.7 Å². The lowest BCUT2D eigenvalue weighted by Crippen LogP contribution is -2.00. The number of benzene rings is 1. The Kier molecular flexibility index (Phi) is 3.32. The molecule has 4 nitrogen and oxygen atoms in total. The second-order valence-corrected chi connectivity index (χ2v) is 3.95. The van der Waals surface area contributed by atoms with Gasteiger partial charge < -0.3 is 4.52 Å². The number of nitrogens with zero attached hydrogens (tertiary/aromatic N) is 2. The fraction of sp³-hybridized carbons (Fsp3) is 0.308. The number of ketones is 1. The minimum absolute atomic E-state index is 0.101. The molecular weight excluding hydrogens is 216 g/mol. The molecule has 17 heavy (non-hydrogen) atoms. The van der Waals surface area contributed by atoms with Crippen molar-refractivity contribution in [3.8, 4) is 11.4 Å². The molecule has 0 bridgehead atoms. The summed E-state index contributed by atoms with van der Waals surface area (Å²) in [5.74, 6) is 1.02. The predicted octanol–water partition coefficient (Wildman–Crippen LogP) is 2.57. The lowest BCUT2D eigenvalue weighted by molar-refractivity contribution is -0.118. The van der Waals surface area contributed by atoms with Crippen LogP contribution in [-0.4, -0.2) is 15.9 Å². The van der Waals surface area contributed by atoms with Crippen molar-refractivity contribution in [2.45, 2.75) is 26.7 Å². The molecule has 0 atom stereocenters. The summed E-state index contributed by atoms with van der Waals surface area (Å²) in [5, 5.41) is 3.88. The van der Waals surface area contributed by atoms with Crippen molar-refractivity contribution in [3.05, 3.63) is 35.7 Å². The maximum atomic E-state index is 11.3. The van der Waals surface area contributed by atoms with Gasteiger partial charge in [0, 0.05) is 12.0 Å². The highest BCUT2D eigenvalue weighted by Crippen LogP contribution is 2.17. The monoisotopic (exact) mass is 230 g/mol. The summed E-state index contributed by atoms with van der Waals surface area (Å²) in [7, 11) is 0. The molecule has 0 fully saturated rings. The summed E-state index contributed by atoms with van der Waals surface area (Å²) in [6.45, 7) is 3.82. The first-order valence-corrected chi connectivity index (χ1v) is 5.60. The van der Waals surface area contributed by atoms with Gasteiger partial charge in [0.15, 0.2) is 0 Å². The van der Waals surface area contributed by atoms with Crippen LogP contribution in [0, 0.1) is 6.92 Å². The van der Waals surface area contributed by atoms with E-state index in [1.807, 2.05) is 38.1 Å². The van der Waals surface area contributed by atoms with Gasteiger partial charge in [-0.05, 0) is 13.0 Å². The molecule has 0 radical (unpaired) electrons. The summed E-state index contributed by atoms with van der Waals surface area (Å²) >= 11 is 0. The van der Waals surface area contributed by atoms with Crippen molar-refractivity contribution >= 4 is 5.78 Å². The van der Waals surface area contributed by atoms with E-state index < -0.39 is 0 Å². The number of Topliss-reactive ketones (excluding diaryl/α,β-unsaturated/α-hetero) is 1. The van der Waals surface area contributed by atoms with Crippen LogP contribution in [0.15, 0.2) is 28.8 Å². The molecule has 0 N–H and O–H groups in total. The Bertz CT molecular complexity index is 532. The molecular formula is C13H14N2O2. The standard InChI is InChI=1S/C13H14N2O2/c1-3-11(16)8-12-14-13(15-17-12)10-6-4-5-9(2)7-10/h4-7H,3,8H2,1-2H3. The number of carbonyl (C=O) groups is 1. The molecule has 0 unspecified atom stereocenters. The number of aromatic nitrogens is 2. The topological polar surface area (TPSA) is 56.0 Å². The molecule has 0 aliphatic carbocycles. The molecule has 0 amide bonds. The van der Waals surface area contributed by atoms with Crippen LogP contribution in [0.1, 0.15) is 24.8 Å². The van der Waals surface area contributed by atoms with Crippen LogP contribution in [0.25, 0.3) is 11.4 Å². The molecule has 88 valence electrons. The number of hydrogen-bond donors (Lipinski definition) is 0. The van der Waals surface area contributed by atoms with Crippen LogP contribution in [-0.2, 0) is 11.2 Å². The SMILES string of the molecule is CCC(=O)Cc1nc(-c2cccc(C)c2)no1. The van der Waals surface area contributed by atoms with Crippen LogP contribution < -0.4 is 0 Å². The van der Waals surface area contributed by atoms with Crippen molar-refractivity contribution in [1.29, 1.82) is 0 Å². The zero-order valence-corrected chi connectivity index (χ0v) is 9.93. The zero-order valence-electron chi connectivity index (χ0n) is 9.93. The first-order chi connectivity index (χ1) is 8.19. The number of aryl methyl sites for hydroxylation is 1. The molecule has 1 aromatic carbocycles. The van der Waals surface area contributed by atoms with Crippen molar-refractivity contribution in [3.63, 3.8) is 0 Å². The van der Waals surface area contributed by atoms with E-state index in [0.717, 1.165) is 11.1 Å². The molecule has 0 aliphatic rings. The average molecular weight is 230 g/mol. The highest BCUT2D eigenvalue weighted by molar-refractivity contribution is 5.79. The number of hydrogen-bond acceptors (Lipinski definition) is 4. The van der Waals surface area contributed by atoms with E-state index in [-0.39, 0.29) is 12.2 Å². The third kappa shape index (κ3) is 2.78. The van der Waals surface area contributed by atoms with Crippen LogP contribution in [0.4, 0.5) is 0 Å². The molecule has 0 aliphatic heterocycles. The normalized spacial score (nSPS) is 10.5. The predicted molar refractivity (Wildman–Crippen MR) is 63.5 cm³/mol.